The quantitative estimate of drug-likeness (QED) is 0.498. The highest BCUT2D eigenvalue weighted by molar-refractivity contribution is 7.92. The summed E-state index contributed by atoms with van der Waals surface area (Å²) in [6.07, 6.45) is -5.75. The Bertz CT molecular complexity index is 1680. The summed E-state index contributed by atoms with van der Waals surface area (Å²) in [5, 5.41) is -1.25. The van der Waals surface area contributed by atoms with E-state index in [-0.39, 0.29) is 38.8 Å². The van der Waals surface area contributed by atoms with E-state index in [0.29, 0.717) is 25.3 Å². The van der Waals surface area contributed by atoms with E-state index in [4.69, 9.17) is 9.47 Å². The molecule has 5 atom stereocenters. The lowest BCUT2D eigenvalue weighted by molar-refractivity contribution is -0.137. The first-order valence-electron chi connectivity index (χ1n) is 14.1. The Hall–Kier alpha value is -2.82. The van der Waals surface area contributed by atoms with Gasteiger partial charge in [-0.15, -0.1) is 0 Å². The van der Waals surface area contributed by atoms with E-state index in [0.717, 1.165) is 24.3 Å². The number of ether oxygens (including phenoxy) is 2. The molecule has 1 amide bonds. The molecule has 1 N–H and O–H groups in total. The van der Waals surface area contributed by atoms with Crippen LogP contribution < -0.4 is 9.46 Å². The smallest absolute Gasteiger partial charge is 0.416 e. The fraction of sp³-hybridized carbons (Fsp3) is 0.536. The summed E-state index contributed by atoms with van der Waals surface area (Å²) in [5.41, 5.74) is -1.66. The molecule has 1 aliphatic carbocycles. The molecule has 44 heavy (non-hydrogen) atoms. The molecule has 4 aliphatic rings. The van der Waals surface area contributed by atoms with Gasteiger partial charge < -0.3 is 14.4 Å². The number of halogens is 5. The molecule has 2 aromatic rings. The number of nitrogens with zero attached hydrogens (tertiary/aromatic N) is 1. The maximum Gasteiger partial charge on any atom is 0.416 e. The molecule has 2 saturated heterocycles. The molecule has 0 bridgehead atoms. The van der Waals surface area contributed by atoms with Crippen LogP contribution in [0.15, 0.2) is 41.3 Å². The van der Waals surface area contributed by atoms with Crippen molar-refractivity contribution in [1.82, 2.24) is 9.62 Å². The Balaban J connectivity index is 1.44. The largest absolute Gasteiger partial charge is 0.490 e. The van der Waals surface area contributed by atoms with Crippen molar-refractivity contribution in [3.8, 4) is 5.75 Å². The van der Waals surface area contributed by atoms with Crippen molar-refractivity contribution in [2.45, 2.75) is 52.8 Å². The van der Waals surface area contributed by atoms with Gasteiger partial charge in [0.25, 0.3) is 0 Å². The molecule has 16 heteroatoms. The van der Waals surface area contributed by atoms with Gasteiger partial charge in [-0.25, -0.2) is 30.3 Å². The summed E-state index contributed by atoms with van der Waals surface area (Å²) in [7, 11) is -8.78. The number of benzene rings is 2. The number of carbonyl (C=O) groups excluding carboxylic acids is 1. The number of nitrogens with one attached hydrogen (secondary N) is 1. The fourth-order valence-electron chi connectivity index (χ4n) is 7.25. The highest BCUT2D eigenvalue weighted by Gasteiger charge is 2.64. The van der Waals surface area contributed by atoms with E-state index in [2.05, 4.69) is 4.72 Å². The zero-order valence-electron chi connectivity index (χ0n) is 23.1. The zero-order chi connectivity index (χ0) is 31.7. The van der Waals surface area contributed by atoms with Crippen molar-refractivity contribution in [3.63, 3.8) is 0 Å². The van der Waals surface area contributed by atoms with E-state index in [9.17, 15) is 34.8 Å². The van der Waals surface area contributed by atoms with Gasteiger partial charge in [0.1, 0.15) is 10.6 Å². The van der Waals surface area contributed by atoms with E-state index in [1.807, 2.05) is 0 Å². The lowest BCUT2D eigenvalue weighted by atomic mass is 9.64. The summed E-state index contributed by atoms with van der Waals surface area (Å²) in [4.78, 5) is 14.0. The Morgan fingerprint density at radius 1 is 1.05 bits per heavy atom. The average Bonchev–Trinajstić information content (AvgIpc) is 2.98. The lowest BCUT2D eigenvalue weighted by Crippen LogP contribution is -2.64. The van der Waals surface area contributed by atoms with Crippen molar-refractivity contribution in [2.75, 3.05) is 32.9 Å². The minimum absolute atomic E-state index is 0.0974. The van der Waals surface area contributed by atoms with Crippen molar-refractivity contribution in [1.29, 1.82) is 0 Å². The van der Waals surface area contributed by atoms with Crippen LogP contribution in [-0.2, 0) is 40.3 Å². The van der Waals surface area contributed by atoms with Gasteiger partial charge in [-0.2, -0.15) is 13.2 Å². The van der Waals surface area contributed by atoms with Crippen molar-refractivity contribution < 1.29 is 53.1 Å². The van der Waals surface area contributed by atoms with Gasteiger partial charge in [0.05, 0.1) is 41.1 Å². The van der Waals surface area contributed by atoms with Crippen LogP contribution in [0.2, 0.25) is 0 Å². The average molecular weight is 665 g/mol. The van der Waals surface area contributed by atoms with Crippen LogP contribution in [0, 0.1) is 23.5 Å². The zero-order valence-corrected chi connectivity index (χ0v) is 24.8. The third-order valence-corrected chi connectivity index (χ3v) is 13.8. The Kier molecular flexibility index (Phi) is 7.73. The van der Waals surface area contributed by atoms with Crippen molar-refractivity contribution in [3.05, 3.63) is 59.2 Å². The number of alkyl halides is 3. The molecule has 3 aliphatic heterocycles. The van der Waals surface area contributed by atoms with Crippen LogP contribution in [0.5, 0.6) is 5.75 Å². The number of hydrogen-bond donors (Lipinski definition) is 1. The number of rotatable bonds is 4. The third kappa shape index (κ3) is 4.97. The SMILES string of the molecule is O=C(C[C@@H]1C[C@H]2[C@H](CC[C@@]3(S(=O)(=O)c4ccc(C(F)(F)F)cc4)c4c(F)ccc(F)c4OC[C@@H]23)NS1(=O)=O)N1CCOCC1. The van der Waals surface area contributed by atoms with Gasteiger partial charge in [0.15, 0.2) is 21.4 Å². The molecular weight excluding hydrogens is 635 g/mol. The molecule has 1 saturated carbocycles. The molecule has 6 rings (SSSR count). The molecule has 3 heterocycles. The minimum Gasteiger partial charge on any atom is -0.490 e. The van der Waals surface area contributed by atoms with Crippen LogP contribution in [0.3, 0.4) is 0 Å². The summed E-state index contributed by atoms with van der Waals surface area (Å²) in [5.74, 6) is -5.04. The molecule has 2 aromatic carbocycles. The standard InChI is InChI=1S/C28H29F5N2O7S2/c29-21-5-6-22(30)26-25(21)27(43(37,38)17-3-1-16(2-4-17)28(31,32)33)8-7-23-19(20(27)15-42-26)13-18(44(39,40)34-23)14-24(36)35-9-11-41-12-10-35/h1-6,18-20,23,34H,7-15H2/t18-,19+,20-,23-,27-/m0/s1. The second-order valence-electron chi connectivity index (χ2n) is 11.6. The topological polar surface area (TPSA) is 119 Å². The first-order valence-corrected chi connectivity index (χ1v) is 17.1. The predicted octanol–water partition coefficient (Wildman–Crippen LogP) is 3.38. The van der Waals surface area contributed by atoms with Gasteiger partial charge in [0, 0.05) is 31.5 Å². The highest BCUT2D eigenvalue weighted by atomic mass is 32.2. The molecule has 0 unspecified atom stereocenters. The Labute approximate surface area is 250 Å². The maximum atomic E-state index is 15.7. The Morgan fingerprint density at radius 3 is 2.36 bits per heavy atom. The van der Waals surface area contributed by atoms with Crippen LogP contribution in [-0.4, -0.2) is 71.8 Å². The first-order chi connectivity index (χ1) is 20.7. The number of fused-ring (bicyclic) bond motifs is 5. The summed E-state index contributed by atoms with van der Waals surface area (Å²) >= 11 is 0. The number of carbonyl (C=O) groups is 1. The van der Waals surface area contributed by atoms with E-state index >= 15 is 8.78 Å². The summed E-state index contributed by atoms with van der Waals surface area (Å²) < 4.78 is 138. The van der Waals surface area contributed by atoms with Crippen molar-refractivity contribution >= 4 is 25.8 Å². The monoisotopic (exact) mass is 664 g/mol. The second kappa shape index (κ2) is 10.9. The van der Waals surface area contributed by atoms with Crippen molar-refractivity contribution in [2.24, 2.45) is 11.8 Å². The minimum atomic E-state index is -4.76. The molecule has 0 spiro atoms. The van der Waals surface area contributed by atoms with Gasteiger partial charge in [0.2, 0.25) is 15.9 Å². The summed E-state index contributed by atoms with van der Waals surface area (Å²) in [6.45, 7) is 0.754. The number of morpholine rings is 1. The maximum absolute atomic E-state index is 15.7. The van der Waals surface area contributed by atoms with Crippen LogP contribution in [0.25, 0.3) is 0 Å². The highest BCUT2D eigenvalue weighted by Crippen LogP contribution is 2.59. The molecule has 0 aromatic heterocycles. The molecule has 0 radical (unpaired) electrons. The first kappa shape index (κ1) is 31.2. The van der Waals surface area contributed by atoms with Crippen LogP contribution >= 0.6 is 0 Å². The van der Waals surface area contributed by atoms with Gasteiger partial charge >= 0.3 is 6.18 Å². The van der Waals surface area contributed by atoms with E-state index in [1.54, 1.807) is 0 Å². The number of sulfone groups is 1. The second-order valence-corrected chi connectivity index (χ2v) is 15.8. The lowest BCUT2D eigenvalue weighted by Gasteiger charge is -2.54. The summed E-state index contributed by atoms with van der Waals surface area (Å²) in [6, 6.07) is 3.55. The predicted molar refractivity (Wildman–Crippen MR) is 145 cm³/mol. The van der Waals surface area contributed by atoms with Gasteiger partial charge in [-0.1, -0.05) is 0 Å². The van der Waals surface area contributed by atoms with Gasteiger partial charge in [-0.05, 0) is 61.6 Å². The molecular formula is C28H29F5N2O7S2. The molecule has 3 fully saturated rings. The number of hydrogen-bond acceptors (Lipinski definition) is 7. The fourth-order valence-corrected chi connectivity index (χ4v) is 11.4. The van der Waals surface area contributed by atoms with Crippen LogP contribution in [0.4, 0.5) is 22.0 Å². The molecule has 9 nitrogen and oxygen atoms in total. The van der Waals surface area contributed by atoms with Gasteiger partial charge in [-0.3, -0.25) is 4.79 Å². The third-order valence-electron chi connectivity index (χ3n) is 9.38. The van der Waals surface area contributed by atoms with Crippen LogP contribution in [0.1, 0.15) is 36.8 Å². The number of sulfonamides is 1. The molecule has 240 valence electrons. The normalized spacial score (nSPS) is 30.0. The number of amides is 1. The van der Waals surface area contributed by atoms with E-state index in [1.165, 1.54) is 4.90 Å². The Morgan fingerprint density at radius 2 is 1.70 bits per heavy atom. The van der Waals surface area contributed by atoms with E-state index < -0.39 is 99.8 Å².